The second kappa shape index (κ2) is 13.6. The molecule has 0 aromatic heterocycles. The predicted molar refractivity (Wildman–Crippen MR) is 45.1 cm³/mol. The molecule has 0 heterocycles. The van der Waals surface area contributed by atoms with Gasteiger partial charge in [0.2, 0.25) is 7.75 Å². The summed E-state index contributed by atoms with van der Waals surface area (Å²) in [5.74, 6) is 0. The summed E-state index contributed by atoms with van der Waals surface area (Å²) in [4.78, 5) is 30.7. The van der Waals surface area contributed by atoms with E-state index in [2.05, 4.69) is 4.31 Å². The van der Waals surface area contributed by atoms with Gasteiger partial charge in [-0.1, -0.05) is 11.6 Å². The van der Waals surface area contributed by atoms with Gasteiger partial charge in [-0.05, 0) is 6.92 Å². The van der Waals surface area contributed by atoms with Crippen LogP contribution < -0.4 is 108 Å². The van der Waals surface area contributed by atoms with Crippen LogP contribution in [0, 0.1) is 0 Å². The fraction of sp³-hybridized carbons (Fsp3) is 0.600. The van der Waals surface area contributed by atoms with E-state index in [-0.39, 0.29) is 102 Å². The molecule has 0 aliphatic carbocycles. The van der Waals surface area contributed by atoms with Crippen molar-refractivity contribution in [3.8, 4) is 0 Å². The topological polar surface area (TPSA) is 145 Å². The average Bonchev–Trinajstić information content (AvgIpc) is 1.98. The number of aliphatic hydroxyl groups excluding tert-OH is 1. The molecule has 0 aliphatic rings. The van der Waals surface area contributed by atoms with Crippen molar-refractivity contribution < 1.29 is 122 Å². The zero-order chi connectivity index (χ0) is 12.1. The smallest absolute Gasteiger partial charge is 0.790 e. The number of hydrogen-bond donors (Lipinski definition) is 2. The van der Waals surface area contributed by atoms with E-state index in [0.717, 1.165) is 0 Å². The van der Waals surface area contributed by atoms with Crippen LogP contribution in [0.1, 0.15) is 6.92 Å². The van der Waals surface area contributed by atoms with Gasteiger partial charge in [0, 0.05) is 6.54 Å². The van der Waals surface area contributed by atoms with Gasteiger partial charge in [0.05, 0.1) is 14.4 Å². The maximum atomic E-state index is 10.7. The van der Waals surface area contributed by atoms with Crippen LogP contribution in [0.25, 0.3) is 0 Å². The predicted octanol–water partition coefficient (Wildman–Crippen LogP) is -11.2. The summed E-state index contributed by atoms with van der Waals surface area (Å²) in [6, 6.07) is 0. The summed E-state index contributed by atoms with van der Waals surface area (Å²) in [7, 11) is -10.5. The summed E-state index contributed by atoms with van der Waals surface area (Å²) >= 11 is 0. The van der Waals surface area contributed by atoms with Crippen LogP contribution in [0.3, 0.4) is 0 Å². The Hall–Kier alpha value is 2.96. The average molecular weight is 327 g/mol. The van der Waals surface area contributed by atoms with Gasteiger partial charge in [0.1, 0.15) is 0 Å². The molecule has 0 aromatic rings. The molecule has 13 heteroatoms. The minimum Gasteiger partial charge on any atom is -0.790 e. The first-order chi connectivity index (χ1) is 6.66. The molecule has 0 saturated carbocycles. The molecule has 0 fully saturated rings. The SMILES string of the molecule is C/C(=C\CNP(=O)([O-])OP(=O)([O-])[O-])CO.[Na+].[Na+].[Na+]. The molecule has 0 aliphatic heterocycles. The molecular weight excluding hydrogens is 317 g/mol. The first-order valence-corrected chi connectivity index (χ1v) is 6.73. The van der Waals surface area contributed by atoms with E-state index in [9.17, 15) is 23.8 Å². The minimum absolute atomic E-state index is 0. The van der Waals surface area contributed by atoms with Crippen molar-refractivity contribution in [2.45, 2.75) is 6.92 Å². The van der Waals surface area contributed by atoms with Crippen LogP contribution in [0.5, 0.6) is 0 Å². The van der Waals surface area contributed by atoms with Crippen LogP contribution >= 0.6 is 15.6 Å². The van der Waals surface area contributed by atoms with Crippen molar-refractivity contribution in [1.29, 1.82) is 0 Å². The molecule has 1 atom stereocenters. The molecule has 0 spiro atoms. The summed E-state index contributed by atoms with van der Waals surface area (Å²) in [5, 5.41) is 10.2. The number of aliphatic hydroxyl groups is 1. The monoisotopic (exact) mass is 327 g/mol. The Morgan fingerprint density at radius 2 is 1.72 bits per heavy atom. The normalized spacial score (nSPS) is 14.6. The van der Waals surface area contributed by atoms with Crippen LogP contribution in [0.4, 0.5) is 0 Å². The van der Waals surface area contributed by atoms with Gasteiger partial charge < -0.3 is 24.4 Å². The quantitative estimate of drug-likeness (QED) is 0.278. The summed E-state index contributed by atoms with van der Waals surface area (Å²) < 4.78 is 24.0. The van der Waals surface area contributed by atoms with E-state index in [0.29, 0.717) is 5.57 Å². The largest absolute Gasteiger partial charge is 1.00 e. The standard InChI is InChI=1S/C5H13NO7P2.3Na/c1-5(4-7)2-3-6-14(8,9)13-15(10,11)12;;;/h2,7H,3-4H2,1H3,(H2,6,8,9)(H2,10,11,12);;;/q;3*+1/p-3/b5-2+;;;. The molecule has 1 unspecified atom stereocenters. The third kappa shape index (κ3) is 19.0. The second-order valence-electron chi connectivity index (χ2n) is 2.60. The molecular formula is C5H10NNa3O7P2. The fourth-order valence-corrected chi connectivity index (χ4v) is 2.16. The van der Waals surface area contributed by atoms with Crippen molar-refractivity contribution >= 4 is 15.6 Å². The maximum Gasteiger partial charge on any atom is 1.00 e. The van der Waals surface area contributed by atoms with Crippen LogP contribution in [0.2, 0.25) is 0 Å². The van der Waals surface area contributed by atoms with Crippen LogP contribution in [-0.2, 0) is 13.4 Å². The van der Waals surface area contributed by atoms with Gasteiger partial charge in [-0.25, -0.2) is 0 Å². The molecule has 90 valence electrons. The van der Waals surface area contributed by atoms with Crippen molar-refractivity contribution in [3.05, 3.63) is 11.6 Å². The zero-order valence-electron chi connectivity index (χ0n) is 10.8. The van der Waals surface area contributed by atoms with Crippen LogP contribution in [-0.4, -0.2) is 18.3 Å². The fourth-order valence-electron chi connectivity index (χ4n) is 0.557. The van der Waals surface area contributed by atoms with Gasteiger partial charge >= 0.3 is 88.7 Å². The van der Waals surface area contributed by atoms with Gasteiger partial charge in [-0.3, -0.25) is 14.0 Å². The Balaban J connectivity index is -0.000000327. The molecule has 0 aromatic carbocycles. The summed E-state index contributed by atoms with van der Waals surface area (Å²) in [6.07, 6.45) is 1.30. The Kier molecular flexibility index (Phi) is 22.0. The Morgan fingerprint density at radius 3 is 2.06 bits per heavy atom. The molecule has 0 saturated heterocycles. The maximum absolute atomic E-state index is 10.7. The number of hydrogen-bond acceptors (Lipinski definition) is 7. The van der Waals surface area contributed by atoms with E-state index >= 15 is 0 Å². The minimum atomic E-state index is -5.57. The van der Waals surface area contributed by atoms with E-state index in [1.807, 2.05) is 0 Å². The van der Waals surface area contributed by atoms with Crippen molar-refractivity contribution in [1.82, 2.24) is 5.09 Å². The van der Waals surface area contributed by atoms with E-state index in [1.54, 1.807) is 5.09 Å². The number of rotatable bonds is 6. The van der Waals surface area contributed by atoms with Gasteiger partial charge in [-0.2, -0.15) is 0 Å². The first kappa shape index (κ1) is 29.0. The molecule has 8 nitrogen and oxygen atoms in total. The molecule has 0 bridgehead atoms. The van der Waals surface area contributed by atoms with Crippen LogP contribution in [0.15, 0.2) is 11.6 Å². The third-order valence-electron chi connectivity index (χ3n) is 1.19. The van der Waals surface area contributed by atoms with Gasteiger partial charge in [-0.15, -0.1) is 0 Å². The van der Waals surface area contributed by atoms with E-state index < -0.39 is 15.6 Å². The number of nitrogens with one attached hydrogen (secondary N) is 1. The molecule has 0 radical (unpaired) electrons. The Morgan fingerprint density at radius 1 is 1.28 bits per heavy atom. The second-order valence-corrected chi connectivity index (χ2v) is 5.46. The molecule has 0 rings (SSSR count). The molecule has 18 heavy (non-hydrogen) atoms. The Labute approximate surface area is 172 Å². The van der Waals surface area contributed by atoms with Gasteiger partial charge in [0.15, 0.2) is 0 Å². The first-order valence-electron chi connectivity index (χ1n) is 3.72. The summed E-state index contributed by atoms with van der Waals surface area (Å²) in [6.45, 7) is 1.00. The molecule has 2 N–H and O–H groups in total. The number of phosphoric acid groups is 1. The third-order valence-corrected chi connectivity index (χ3v) is 3.42. The van der Waals surface area contributed by atoms with Crippen molar-refractivity contribution in [2.75, 3.05) is 13.2 Å². The van der Waals surface area contributed by atoms with E-state index in [1.165, 1.54) is 13.0 Å². The van der Waals surface area contributed by atoms with Crippen molar-refractivity contribution in [3.63, 3.8) is 0 Å². The summed E-state index contributed by atoms with van der Waals surface area (Å²) in [5.41, 5.74) is 0.481. The van der Waals surface area contributed by atoms with Crippen molar-refractivity contribution in [2.24, 2.45) is 0 Å². The van der Waals surface area contributed by atoms with Gasteiger partial charge in [0.25, 0.3) is 0 Å². The Bertz CT molecular complexity index is 333. The molecule has 0 amide bonds. The zero-order valence-corrected chi connectivity index (χ0v) is 18.6. The van der Waals surface area contributed by atoms with E-state index in [4.69, 9.17) is 5.11 Å².